The second-order valence-electron chi connectivity index (χ2n) is 5.42. The molecular weight excluding hydrogens is 172 g/mol. The van der Waals surface area contributed by atoms with Crippen LogP contribution in [0.4, 0.5) is 0 Å². The predicted molar refractivity (Wildman–Crippen MR) is 63.3 cm³/mol. The summed E-state index contributed by atoms with van der Waals surface area (Å²) in [6, 6.07) is 0. The standard InChI is InChI=1S/C13H28O/c1-10(2)6-8-13(14)9-7-12(5)11(3)4/h10-14H,6-9H2,1-5H3/t12-,13?/m1/s1. The maximum atomic E-state index is 9.73. The van der Waals surface area contributed by atoms with Gasteiger partial charge in [-0.25, -0.2) is 0 Å². The van der Waals surface area contributed by atoms with Gasteiger partial charge >= 0.3 is 0 Å². The van der Waals surface area contributed by atoms with E-state index in [0.717, 1.165) is 37.5 Å². The second-order valence-corrected chi connectivity index (χ2v) is 5.42. The molecule has 0 saturated carbocycles. The SMILES string of the molecule is CC(C)CCC(O)CC[C@@H](C)C(C)C. The first-order valence-corrected chi connectivity index (χ1v) is 6.11. The summed E-state index contributed by atoms with van der Waals surface area (Å²) in [6.07, 6.45) is 4.20. The van der Waals surface area contributed by atoms with E-state index in [4.69, 9.17) is 0 Å². The number of hydrogen-bond donors (Lipinski definition) is 1. The quantitative estimate of drug-likeness (QED) is 0.661. The zero-order valence-corrected chi connectivity index (χ0v) is 10.6. The molecule has 0 aliphatic carbocycles. The molecular formula is C13H28O. The van der Waals surface area contributed by atoms with E-state index in [0.29, 0.717) is 5.92 Å². The first-order chi connectivity index (χ1) is 6.43. The molecule has 86 valence electrons. The molecule has 0 amide bonds. The number of rotatable bonds is 7. The highest BCUT2D eigenvalue weighted by Gasteiger charge is 2.11. The van der Waals surface area contributed by atoms with E-state index >= 15 is 0 Å². The highest BCUT2D eigenvalue weighted by Crippen LogP contribution is 2.19. The van der Waals surface area contributed by atoms with Gasteiger partial charge in [0.2, 0.25) is 0 Å². The summed E-state index contributed by atoms with van der Waals surface area (Å²) in [7, 11) is 0. The molecule has 1 unspecified atom stereocenters. The number of aliphatic hydroxyl groups excluding tert-OH is 1. The molecule has 0 radical (unpaired) electrons. The maximum Gasteiger partial charge on any atom is 0.0540 e. The Balaban J connectivity index is 3.48. The van der Waals surface area contributed by atoms with Gasteiger partial charge in [-0.2, -0.15) is 0 Å². The van der Waals surface area contributed by atoms with E-state index in [1.807, 2.05) is 0 Å². The molecule has 0 saturated heterocycles. The molecule has 0 fully saturated rings. The van der Waals surface area contributed by atoms with Crippen LogP contribution in [0.25, 0.3) is 0 Å². The molecule has 0 aromatic carbocycles. The van der Waals surface area contributed by atoms with Crippen LogP contribution in [0.1, 0.15) is 60.3 Å². The average molecular weight is 200 g/mol. The van der Waals surface area contributed by atoms with E-state index in [9.17, 15) is 5.11 Å². The summed E-state index contributed by atoms with van der Waals surface area (Å²) in [4.78, 5) is 0. The Hall–Kier alpha value is -0.0400. The topological polar surface area (TPSA) is 20.2 Å². The molecule has 1 nitrogen and oxygen atoms in total. The minimum atomic E-state index is -0.0707. The van der Waals surface area contributed by atoms with Crippen molar-refractivity contribution in [2.75, 3.05) is 0 Å². The first-order valence-electron chi connectivity index (χ1n) is 6.11. The Kier molecular flexibility index (Phi) is 7.26. The smallest absolute Gasteiger partial charge is 0.0540 e. The van der Waals surface area contributed by atoms with Crippen LogP contribution in [0.5, 0.6) is 0 Å². The van der Waals surface area contributed by atoms with E-state index in [-0.39, 0.29) is 6.10 Å². The van der Waals surface area contributed by atoms with E-state index < -0.39 is 0 Å². The predicted octanol–water partition coefficient (Wildman–Crippen LogP) is 3.86. The highest BCUT2D eigenvalue weighted by atomic mass is 16.3. The average Bonchev–Trinajstić information content (AvgIpc) is 2.10. The number of aliphatic hydroxyl groups is 1. The van der Waals surface area contributed by atoms with Gasteiger partial charge in [0.1, 0.15) is 0 Å². The third-order valence-corrected chi connectivity index (χ3v) is 3.17. The summed E-state index contributed by atoms with van der Waals surface area (Å²) in [5, 5.41) is 9.73. The van der Waals surface area contributed by atoms with E-state index in [1.54, 1.807) is 0 Å². The van der Waals surface area contributed by atoms with Gasteiger partial charge in [0.25, 0.3) is 0 Å². The summed E-state index contributed by atoms with van der Waals surface area (Å²) in [6.45, 7) is 11.2. The monoisotopic (exact) mass is 200 g/mol. The normalized spacial score (nSPS) is 16.3. The van der Waals surface area contributed by atoms with E-state index in [1.165, 1.54) is 0 Å². The fourth-order valence-corrected chi connectivity index (χ4v) is 1.46. The molecule has 0 rings (SSSR count). The lowest BCUT2D eigenvalue weighted by Crippen LogP contribution is -2.12. The first kappa shape index (κ1) is 14.0. The molecule has 2 atom stereocenters. The highest BCUT2D eigenvalue weighted by molar-refractivity contribution is 4.63. The Morgan fingerprint density at radius 3 is 1.71 bits per heavy atom. The van der Waals surface area contributed by atoms with Gasteiger partial charge in [0.05, 0.1) is 6.10 Å². The van der Waals surface area contributed by atoms with Gasteiger partial charge in [0.15, 0.2) is 0 Å². The van der Waals surface area contributed by atoms with Crippen LogP contribution in [-0.2, 0) is 0 Å². The summed E-state index contributed by atoms with van der Waals surface area (Å²) < 4.78 is 0. The molecule has 0 bridgehead atoms. The van der Waals surface area contributed by atoms with Crippen molar-refractivity contribution < 1.29 is 5.11 Å². The molecule has 0 spiro atoms. The zero-order valence-electron chi connectivity index (χ0n) is 10.6. The zero-order chi connectivity index (χ0) is 11.1. The lowest BCUT2D eigenvalue weighted by Gasteiger charge is -2.18. The van der Waals surface area contributed by atoms with Crippen molar-refractivity contribution in [1.82, 2.24) is 0 Å². The molecule has 0 aliphatic rings. The van der Waals surface area contributed by atoms with Gasteiger partial charge in [-0.1, -0.05) is 34.6 Å². The molecule has 1 heteroatoms. The third-order valence-electron chi connectivity index (χ3n) is 3.17. The fourth-order valence-electron chi connectivity index (χ4n) is 1.46. The Bertz CT molecular complexity index is 129. The van der Waals surface area contributed by atoms with Crippen molar-refractivity contribution in [3.63, 3.8) is 0 Å². The van der Waals surface area contributed by atoms with Crippen LogP contribution < -0.4 is 0 Å². The third kappa shape index (κ3) is 7.37. The van der Waals surface area contributed by atoms with Crippen molar-refractivity contribution in [3.8, 4) is 0 Å². The van der Waals surface area contributed by atoms with Gasteiger partial charge < -0.3 is 5.11 Å². The Morgan fingerprint density at radius 1 is 0.786 bits per heavy atom. The van der Waals surface area contributed by atoms with Crippen LogP contribution in [0, 0.1) is 17.8 Å². The second kappa shape index (κ2) is 7.28. The Labute approximate surface area is 89.9 Å². The summed E-state index contributed by atoms with van der Waals surface area (Å²) in [5.41, 5.74) is 0. The Morgan fingerprint density at radius 2 is 1.29 bits per heavy atom. The minimum Gasteiger partial charge on any atom is -0.393 e. The minimum absolute atomic E-state index is 0.0707. The fraction of sp³-hybridized carbons (Fsp3) is 1.00. The number of hydrogen-bond acceptors (Lipinski definition) is 1. The molecule has 0 aromatic heterocycles. The van der Waals surface area contributed by atoms with Crippen molar-refractivity contribution >= 4 is 0 Å². The van der Waals surface area contributed by atoms with Gasteiger partial charge in [-0.05, 0) is 43.4 Å². The molecule has 0 heterocycles. The van der Waals surface area contributed by atoms with Gasteiger partial charge in [-0.15, -0.1) is 0 Å². The lowest BCUT2D eigenvalue weighted by atomic mass is 9.91. The van der Waals surface area contributed by atoms with Crippen molar-refractivity contribution in [1.29, 1.82) is 0 Å². The largest absolute Gasteiger partial charge is 0.393 e. The molecule has 0 aromatic rings. The van der Waals surface area contributed by atoms with Crippen LogP contribution in [0.2, 0.25) is 0 Å². The van der Waals surface area contributed by atoms with Gasteiger partial charge in [-0.3, -0.25) is 0 Å². The van der Waals surface area contributed by atoms with Gasteiger partial charge in [0, 0.05) is 0 Å². The van der Waals surface area contributed by atoms with Crippen molar-refractivity contribution in [2.24, 2.45) is 17.8 Å². The summed E-state index contributed by atoms with van der Waals surface area (Å²) in [5.74, 6) is 2.20. The van der Waals surface area contributed by atoms with Crippen molar-refractivity contribution in [3.05, 3.63) is 0 Å². The summed E-state index contributed by atoms with van der Waals surface area (Å²) >= 11 is 0. The van der Waals surface area contributed by atoms with E-state index in [2.05, 4.69) is 34.6 Å². The molecule has 14 heavy (non-hydrogen) atoms. The lowest BCUT2D eigenvalue weighted by molar-refractivity contribution is 0.135. The van der Waals surface area contributed by atoms with Crippen molar-refractivity contribution in [2.45, 2.75) is 66.4 Å². The van der Waals surface area contributed by atoms with Crippen LogP contribution in [0.15, 0.2) is 0 Å². The van der Waals surface area contributed by atoms with Crippen LogP contribution in [-0.4, -0.2) is 11.2 Å². The maximum absolute atomic E-state index is 9.73. The molecule has 1 N–H and O–H groups in total. The molecule has 0 aliphatic heterocycles. The van der Waals surface area contributed by atoms with Crippen LogP contribution in [0.3, 0.4) is 0 Å². The van der Waals surface area contributed by atoms with Crippen LogP contribution >= 0.6 is 0 Å².